The maximum Gasteiger partial charge on any atom is -0.0134 e. The molecule has 0 N–H and O–H groups in total. The lowest BCUT2D eigenvalue weighted by Gasteiger charge is -2.46. The van der Waals surface area contributed by atoms with Crippen molar-refractivity contribution in [3.05, 3.63) is 90.5 Å². The quantitative estimate of drug-likeness (QED) is 0.262. The summed E-state index contributed by atoms with van der Waals surface area (Å²) >= 11 is 0. The predicted molar refractivity (Wildman–Crippen MR) is 171 cm³/mol. The van der Waals surface area contributed by atoms with Crippen molar-refractivity contribution in [2.24, 2.45) is 0 Å². The first kappa shape index (κ1) is 26.7. The molecule has 38 heavy (non-hydrogen) atoms. The van der Waals surface area contributed by atoms with Crippen molar-refractivity contribution in [3.63, 3.8) is 0 Å². The zero-order valence-electron chi connectivity index (χ0n) is 23.2. The molecule has 2 unspecified atom stereocenters. The molecule has 3 fully saturated rings. The van der Waals surface area contributed by atoms with Gasteiger partial charge in [-0.15, -0.1) is 0 Å². The van der Waals surface area contributed by atoms with E-state index < -0.39 is 7.92 Å². The molecule has 0 spiro atoms. The van der Waals surface area contributed by atoms with E-state index in [1.807, 2.05) is 0 Å². The van der Waals surface area contributed by atoms with Crippen molar-refractivity contribution in [1.82, 2.24) is 0 Å². The lowest BCUT2D eigenvalue weighted by molar-refractivity contribution is 0.430. The molecule has 2 atom stereocenters. The first-order valence-electron chi connectivity index (χ1n) is 15.6. The molecular weight excluding hydrogens is 494 g/mol. The van der Waals surface area contributed by atoms with Crippen LogP contribution in [-0.4, -0.2) is 17.0 Å². The van der Waals surface area contributed by atoms with Gasteiger partial charge in [0, 0.05) is 0 Å². The highest BCUT2D eigenvalue weighted by Crippen LogP contribution is 2.62. The monoisotopic (exact) mass is 540 g/mol. The zero-order valence-corrected chi connectivity index (χ0v) is 25.0. The highest BCUT2D eigenvalue weighted by Gasteiger charge is 2.38. The fourth-order valence-corrected chi connectivity index (χ4v) is 14.9. The Bertz CT molecular complexity index is 1060. The SMILES string of the molecule is c1ccc(P(c2ccccc2)c2cccc(C3CCCC(P(C4CCCCC4)C4CCCCC4)C3)c2)cc1. The molecule has 0 bridgehead atoms. The summed E-state index contributed by atoms with van der Waals surface area (Å²) in [5.41, 5.74) is 4.82. The minimum absolute atomic E-state index is 0.180. The molecule has 3 aromatic carbocycles. The minimum Gasteiger partial charge on any atom is -0.0971 e. The van der Waals surface area contributed by atoms with Gasteiger partial charge < -0.3 is 0 Å². The van der Waals surface area contributed by atoms with E-state index in [9.17, 15) is 0 Å². The average Bonchev–Trinajstić information content (AvgIpc) is 3.00. The van der Waals surface area contributed by atoms with Crippen LogP contribution in [0.4, 0.5) is 0 Å². The van der Waals surface area contributed by atoms with Gasteiger partial charge >= 0.3 is 0 Å². The van der Waals surface area contributed by atoms with Crippen LogP contribution in [0.25, 0.3) is 0 Å². The number of hydrogen-bond acceptors (Lipinski definition) is 0. The van der Waals surface area contributed by atoms with Crippen LogP contribution in [0.1, 0.15) is 101 Å². The standard InChI is InChI=1S/C36H46P2/c1-5-17-31(18-6-1)37(32-19-7-2-8-20-32)35-25-13-15-29(27-35)30-16-14-26-36(28-30)38(33-21-9-3-10-22-33)34-23-11-4-12-24-34/h1-2,5-8,13,15,17-20,25,27,30,33-34,36H,3-4,9-12,14,16,21-24,26,28H2. The van der Waals surface area contributed by atoms with Gasteiger partial charge in [-0.25, -0.2) is 0 Å². The molecule has 0 aliphatic heterocycles. The molecule has 200 valence electrons. The van der Waals surface area contributed by atoms with Crippen molar-refractivity contribution < 1.29 is 0 Å². The third-order valence-corrected chi connectivity index (χ3v) is 16.1. The summed E-state index contributed by atoms with van der Waals surface area (Å²) in [5, 5.41) is 4.45. The van der Waals surface area contributed by atoms with Gasteiger partial charge in [0.2, 0.25) is 0 Å². The summed E-state index contributed by atoms with van der Waals surface area (Å²) in [7, 11) is -0.344. The first-order valence-corrected chi connectivity index (χ1v) is 18.5. The minimum atomic E-state index is -0.523. The van der Waals surface area contributed by atoms with E-state index in [4.69, 9.17) is 0 Å². The molecule has 3 aliphatic rings. The normalized spacial score (nSPS) is 23.6. The van der Waals surface area contributed by atoms with Crippen LogP contribution in [-0.2, 0) is 0 Å². The Labute approximate surface area is 234 Å². The zero-order chi connectivity index (χ0) is 25.6. The number of rotatable bonds is 7. The lowest BCUT2D eigenvalue weighted by atomic mass is 9.84. The van der Waals surface area contributed by atoms with Crippen LogP contribution >= 0.6 is 15.8 Å². The van der Waals surface area contributed by atoms with Crippen molar-refractivity contribution in [2.75, 3.05) is 0 Å². The maximum absolute atomic E-state index is 2.63. The van der Waals surface area contributed by atoms with Crippen molar-refractivity contribution in [3.8, 4) is 0 Å². The van der Waals surface area contributed by atoms with Crippen LogP contribution in [0.3, 0.4) is 0 Å². The molecule has 0 saturated heterocycles. The van der Waals surface area contributed by atoms with E-state index in [2.05, 4.69) is 84.9 Å². The Balaban J connectivity index is 1.27. The summed E-state index contributed by atoms with van der Waals surface area (Å²) in [4.78, 5) is 0. The van der Waals surface area contributed by atoms with Gasteiger partial charge in [0.25, 0.3) is 0 Å². The van der Waals surface area contributed by atoms with E-state index in [-0.39, 0.29) is 7.92 Å². The highest BCUT2D eigenvalue weighted by molar-refractivity contribution is 7.79. The third kappa shape index (κ3) is 6.29. The fourth-order valence-electron chi connectivity index (χ4n) is 7.91. The van der Waals surface area contributed by atoms with E-state index in [0.29, 0.717) is 0 Å². The van der Waals surface area contributed by atoms with Gasteiger partial charge in [-0.2, -0.15) is 0 Å². The van der Waals surface area contributed by atoms with Gasteiger partial charge in [0.1, 0.15) is 0 Å². The van der Waals surface area contributed by atoms with Crippen molar-refractivity contribution in [1.29, 1.82) is 0 Å². The second-order valence-electron chi connectivity index (χ2n) is 12.1. The van der Waals surface area contributed by atoms with Crippen molar-refractivity contribution >= 4 is 31.8 Å². The van der Waals surface area contributed by atoms with Crippen LogP contribution in [0.15, 0.2) is 84.9 Å². The topological polar surface area (TPSA) is 0 Å². The van der Waals surface area contributed by atoms with E-state index >= 15 is 0 Å². The van der Waals surface area contributed by atoms with Gasteiger partial charge in [0.05, 0.1) is 0 Å². The van der Waals surface area contributed by atoms with Crippen LogP contribution < -0.4 is 15.9 Å². The molecule has 0 heterocycles. The Morgan fingerprint density at radius 3 is 1.55 bits per heavy atom. The largest absolute Gasteiger partial charge is 0.0971 e. The van der Waals surface area contributed by atoms with Crippen LogP contribution in [0, 0.1) is 0 Å². The van der Waals surface area contributed by atoms with Crippen molar-refractivity contribution in [2.45, 2.75) is 113 Å². The van der Waals surface area contributed by atoms with E-state index in [1.165, 1.54) is 80.1 Å². The molecule has 0 nitrogen and oxygen atoms in total. The number of benzene rings is 3. The molecule has 0 radical (unpaired) electrons. The molecular formula is C36H46P2. The van der Waals surface area contributed by atoms with Gasteiger partial charge in [0.15, 0.2) is 0 Å². The summed E-state index contributed by atoms with van der Waals surface area (Å²) in [6.45, 7) is 0. The Morgan fingerprint density at radius 2 is 0.974 bits per heavy atom. The summed E-state index contributed by atoms with van der Waals surface area (Å²) in [6.07, 6.45) is 21.1. The maximum atomic E-state index is 2.63. The van der Waals surface area contributed by atoms with E-state index in [0.717, 1.165) is 22.9 Å². The van der Waals surface area contributed by atoms with E-state index in [1.54, 1.807) is 31.2 Å². The highest BCUT2D eigenvalue weighted by atomic mass is 31.1. The smallest absolute Gasteiger partial charge is 0.0134 e. The first-order chi connectivity index (χ1) is 18.9. The van der Waals surface area contributed by atoms with Gasteiger partial charge in [-0.3, -0.25) is 0 Å². The van der Waals surface area contributed by atoms with Gasteiger partial charge in [-0.05, 0) is 97.2 Å². The second kappa shape index (κ2) is 13.2. The summed E-state index contributed by atoms with van der Waals surface area (Å²) in [6, 6.07) is 32.4. The molecule has 3 aliphatic carbocycles. The lowest BCUT2D eigenvalue weighted by Crippen LogP contribution is -2.30. The predicted octanol–water partition coefficient (Wildman–Crippen LogP) is 9.62. The molecule has 6 rings (SSSR count). The molecule has 3 aromatic rings. The van der Waals surface area contributed by atoms with Crippen LogP contribution in [0.2, 0.25) is 0 Å². The summed E-state index contributed by atoms with van der Waals surface area (Å²) < 4.78 is 0. The third-order valence-electron chi connectivity index (χ3n) is 9.69. The van der Waals surface area contributed by atoms with Crippen LogP contribution in [0.5, 0.6) is 0 Å². The molecule has 0 amide bonds. The second-order valence-corrected chi connectivity index (χ2v) is 17.5. The molecule has 2 heteroatoms. The average molecular weight is 541 g/mol. The Kier molecular flexibility index (Phi) is 9.32. The molecule has 0 aromatic heterocycles. The Morgan fingerprint density at radius 1 is 0.447 bits per heavy atom. The van der Waals surface area contributed by atoms with Gasteiger partial charge in [-0.1, -0.05) is 138 Å². The molecule has 3 saturated carbocycles. The summed E-state index contributed by atoms with van der Waals surface area (Å²) in [5.74, 6) is 0.759. The number of hydrogen-bond donors (Lipinski definition) is 0. The Hall–Kier alpha value is -1.48. The fraction of sp³-hybridized carbons (Fsp3) is 0.500.